The Hall–Kier alpha value is -2.04. The predicted octanol–water partition coefficient (Wildman–Crippen LogP) is 1.62. The third-order valence-electron chi connectivity index (χ3n) is 2.09. The van der Waals surface area contributed by atoms with Gasteiger partial charge >= 0.3 is 6.09 Å². The van der Waals surface area contributed by atoms with Crippen molar-refractivity contribution in [2.75, 3.05) is 6.54 Å². The summed E-state index contributed by atoms with van der Waals surface area (Å²) in [7, 11) is 0. The lowest BCUT2D eigenvalue weighted by Crippen LogP contribution is -2.32. The number of hydrogen-bond acceptors (Lipinski definition) is 5. The van der Waals surface area contributed by atoms with Crippen LogP contribution in [-0.2, 0) is 4.74 Å². The molecule has 0 saturated heterocycles. The Labute approximate surface area is 128 Å². The highest BCUT2D eigenvalue weighted by molar-refractivity contribution is 7.14. The number of carbonyl (C=O) groups is 2. The number of rotatable bonds is 3. The number of carbonyl (C=O) groups excluding carboxylic acids is 2. The summed E-state index contributed by atoms with van der Waals surface area (Å²) < 4.78 is 5.09. The molecule has 0 bridgehead atoms. The molecule has 0 aliphatic rings. The Morgan fingerprint density at radius 3 is 2.71 bits per heavy atom. The summed E-state index contributed by atoms with van der Waals surface area (Å²) in [4.78, 5) is 23.9. The van der Waals surface area contributed by atoms with Crippen molar-refractivity contribution in [3.63, 3.8) is 0 Å². The maximum Gasteiger partial charge on any atom is 0.407 e. The van der Waals surface area contributed by atoms with Crippen LogP contribution in [0.3, 0.4) is 0 Å². The van der Waals surface area contributed by atoms with Gasteiger partial charge in [-0.2, -0.15) is 0 Å². The molecule has 0 unspecified atom stereocenters. The van der Waals surface area contributed by atoms with E-state index in [1.807, 2.05) is 0 Å². The molecular weight excluding hydrogens is 290 g/mol. The molecule has 0 fully saturated rings. The van der Waals surface area contributed by atoms with Crippen LogP contribution in [0.4, 0.5) is 4.79 Å². The number of amides is 2. The number of ether oxygens (including phenoxy) is 1. The minimum absolute atomic E-state index is 0.334. The summed E-state index contributed by atoms with van der Waals surface area (Å²) in [5.41, 5.74) is 1.56. The first kappa shape index (κ1) is 17.0. The first-order valence-electron chi connectivity index (χ1n) is 6.38. The van der Waals surface area contributed by atoms with Crippen molar-refractivity contribution in [3.05, 3.63) is 21.9 Å². The Bertz CT molecular complexity index is 564. The van der Waals surface area contributed by atoms with Crippen molar-refractivity contribution < 1.29 is 14.3 Å². The van der Waals surface area contributed by atoms with Crippen LogP contribution in [0.5, 0.6) is 0 Å². The molecule has 0 atom stereocenters. The van der Waals surface area contributed by atoms with E-state index in [1.54, 1.807) is 32.9 Å². The van der Waals surface area contributed by atoms with Crippen LogP contribution in [0.2, 0.25) is 0 Å². The molecule has 2 amide bonds. The molecule has 4 N–H and O–H groups in total. The van der Waals surface area contributed by atoms with E-state index in [-0.39, 0.29) is 5.91 Å². The third kappa shape index (κ3) is 6.79. The molecule has 0 aromatic carbocycles. The zero-order valence-electron chi connectivity index (χ0n) is 12.3. The van der Waals surface area contributed by atoms with Crippen molar-refractivity contribution in [2.45, 2.75) is 32.8 Å². The highest BCUT2D eigenvalue weighted by atomic mass is 32.1. The second-order valence-electron chi connectivity index (χ2n) is 5.12. The van der Waals surface area contributed by atoms with E-state index in [2.05, 4.69) is 22.6 Å². The minimum atomic E-state index is -0.507. The number of thiophene rings is 1. The number of hydrogen-bond donors (Lipinski definition) is 3. The number of nitrogens with one attached hydrogen (secondary N) is 2. The van der Waals surface area contributed by atoms with E-state index in [1.165, 1.54) is 11.3 Å². The fourth-order valence-electron chi connectivity index (χ4n) is 1.29. The van der Waals surface area contributed by atoms with Gasteiger partial charge in [-0.1, -0.05) is 11.8 Å². The molecule has 0 aliphatic carbocycles. The fourth-order valence-corrected chi connectivity index (χ4v) is 2.07. The average Bonchev–Trinajstić information content (AvgIpc) is 2.84. The van der Waals surface area contributed by atoms with Gasteiger partial charge in [0.05, 0.1) is 9.75 Å². The molecule has 21 heavy (non-hydrogen) atoms. The van der Waals surface area contributed by atoms with Crippen molar-refractivity contribution in [1.82, 2.24) is 10.7 Å². The smallest absolute Gasteiger partial charge is 0.407 e. The van der Waals surface area contributed by atoms with Gasteiger partial charge < -0.3 is 10.1 Å². The summed E-state index contributed by atoms with van der Waals surface area (Å²) in [5.74, 6) is 10.5. The van der Waals surface area contributed by atoms with E-state index in [0.717, 1.165) is 4.88 Å². The number of nitrogen functional groups attached to an aromatic ring is 1. The van der Waals surface area contributed by atoms with Gasteiger partial charge in [-0.3, -0.25) is 10.2 Å². The molecule has 6 nitrogen and oxygen atoms in total. The third-order valence-corrected chi connectivity index (χ3v) is 3.09. The Balaban J connectivity index is 2.35. The summed E-state index contributed by atoms with van der Waals surface area (Å²) in [6, 6.07) is 3.42. The monoisotopic (exact) mass is 309 g/mol. The largest absolute Gasteiger partial charge is 0.444 e. The fraction of sp³-hybridized carbons (Fsp3) is 0.429. The molecule has 1 heterocycles. The van der Waals surface area contributed by atoms with Crippen LogP contribution in [-0.4, -0.2) is 24.1 Å². The number of nitrogens with two attached hydrogens (primary N) is 1. The Morgan fingerprint density at radius 2 is 2.10 bits per heavy atom. The van der Waals surface area contributed by atoms with Crippen molar-refractivity contribution in [2.24, 2.45) is 5.84 Å². The molecule has 0 saturated carbocycles. The van der Waals surface area contributed by atoms with E-state index in [9.17, 15) is 9.59 Å². The van der Waals surface area contributed by atoms with Crippen molar-refractivity contribution >= 4 is 23.3 Å². The van der Waals surface area contributed by atoms with Crippen LogP contribution in [0.1, 0.15) is 41.7 Å². The standard InChI is InChI=1S/C14H19N3O3S/c1-14(2,3)20-13(19)16-9-5-4-6-10-7-8-11(21-10)12(18)17-15/h7-8H,5,9,15H2,1-3H3,(H,16,19)(H,17,18). The highest BCUT2D eigenvalue weighted by Crippen LogP contribution is 2.14. The molecule has 7 heteroatoms. The van der Waals surface area contributed by atoms with Crippen LogP contribution in [0, 0.1) is 11.8 Å². The van der Waals surface area contributed by atoms with Gasteiger partial charge in [0, 0.05) is 13.0 Å². The maximum atomic E-state index is 11.4. The highest BCUT2D eigenvalue weighted by Gasteiger charge is 2.15. The second-order valence-corrected chi connectivity index (χ2v) is 6.20. The van der Waals surface area contributed by atoms with Gasteiger partial charge in [0.25, 0.3) is 5.91 Å². The molecule has 1 aromatic heterocycles. The Morgan fingerprint density at radius 1 is 1.38 bits per heavy atom. The van der Waals surface area contributed by atoms with Gasteiger partial charge in [-0.05, 0) is 32.9 Å². The SMILES string of the molecule is CC(C)(C)OC(=O)NCCC#Cc1ccc(C(=O)NN)s1. The lowest BCUT2D eigenvalue weighted by atomic mass is 10.2. The van der Waals surface area contributed by atoms with Crippen molar-refractivity contribution in [3.8, 4) is 11.8 Å². The quantitative estimate of drug-likeness (QED) is 0.260. The zero-order valence-corrected chi connectivity index (χ0v) is 13.1. The second kappa shape index (κ2) is 7.67. The number of alkyl carbamates (subject to hydrolysis) is 1. The maximum absolute atomic E-state index is 11.4. The van der Waals surface area contributed by atoms with Crippen LogP contribution < -0.4 is 16.6 Å². The summed E-state index contributed by atoms with van der Waals surface area (Å²) in [5, 5.41) is 2.62. The summed E-state index contributed by atoms with van der Waals surface area (Å²) in [6.07, 6.45) is 0.0394. The lowest BCUT2D eigenvalue weighted by Gasteiger charge is -2.19. The van der Waals surface area contributed by atoms with E-state index in [0.29, 0.717) is 17.8 Å². The normalized spacial score (nSPS) is 10.3. The number of hydrazine groups is 1. The van der Waals surface area contributed by atoms with Crippen molar-refractivity contribution in [1.29, 1.82) is 0 Å². The summed E-state index contributed by atoms with van der Waals surface area (Å²) >= 11 is 1.26. The van der Waals surface area contributed by atoms with Gasteiger partial charge in [0.1, 0.15) is 5.60 Å². The van der Waals surface area contributed by atoms with Crippen LogP contribution in [0.15, 0.2) is 12.1 Å². The summed E-state index contributed by atoms with van der Waals surface area (Å²) in [6.45, 7) is 5.82. The zero-order chi connectivity index (χ0) is 15.9. The van der Waals surface area contributed by atoms with E-state index < -0.39 is 11.7 Å². The molecule has 1 rings (SSSR count). The lowest BCUT2D eigenvalue weighted by molar-refractivity contribution is 0.0529. The van der Waals surface area contributed by atoms with Gasteiger partial charge in [0.2, 0.25) is 0 Å². The molecular formula is C14H19N3O3S. The molecule has 0 radical (unpaired) electrons. The molecule has 1 aromatic rings. The molecule has 0 spiro atoms. The Kier molecular flexibility index (Phi) is 6.21. The van der Waals surface area contributed by atoms with Crippen LogP contribution in [0.25, 0.3) is 0 Å². The average molecular weight is 309 g/mol. The van der Waals surface area contributed by atoms with Crippen LogP contribution >= 0.6 is 11.3 Å². The first-order chi connectivity index (χ1) is 9.81. The molecule has 0 aliphatic heterocycles. The van der Waals surface area contributed by atoms with Gasteiger partial charge in [-0.25, -0.2) is 10.6 Å². The van der Waals surface area contributed by atoms with Gasteiger partial charge in [0.15, 0.2) is 0 Å². The van der Waals surface area contributed by atoms with E-state index >= 15 is 0 Å². The van der Waals surface area contributed by atoms with Gasteiger partial charge in [-0.15, -0.1) is 11.3 Å². The topological polar surface area (TPSA) is 93.4 Å². The predicted molar refractivity (Wildman–Crippen MR) is 81.7 cm³/mol. The minimum Gasteiger partial charge on any atom is -0.444 e. The first-order valence-corrected chi connectivity index (χ1v) is 7.20. The van der Waals surface area contributed by atoms with E-state index in [4.69, 9.17) is 10.6 Å². The molecule has 114 valence electrons.